The van der Waals surface area contributed by atoms with Crippen LogP contribution >= 0.6 is 47.8 Å². The van der Waals surface area contributed by atoms with Crippen LogP contribution in [-0.4, -0.2) is 46.7 Å². The van der Waals surface area contributed by atoms with Crippen LogP contribution in [0.2, 0.25) is 0 Å². The van der Waals surface area contributed by atoms with Gasteiger partial charge in [0.2, 0.25) is 0 Å². The van der Waals surface area contributed by atoms with Gasteiger partial charge in [-0.25, -0.2) is 19.3 Å². The molecule has 0 spiro atoms. The summed E-state index contributed by atoms with van der Waals surface area (Å²) in [6, 6.07) is 42.5. The van der Waals surface area contributed by atoms with Crippen LogP contribution in [0.25, 0.3) is 11.1 Å². The Morgan fingerprint density at radius 1 is 0.585 bits per heavy atom. The van der Waals surface area contributed by atoms with Crippen molar-refractivity contribution in [1.82, 2.24) is 29.5 Å². The summed E-state index contributed by atoms with van der Waals surface area (Å²) in [4.78, 5) is 7.82. The second-order valence-electron chi connectivity index (χ2n) is 11.1. The number of hydrogen-bond acceptors (Lipinski definition) is 8. The average molecular weight is 895 g/mol. The monoisotopic (exact) mass is 892 g/mol. The predicted octanol–water partition coefficient (Wildman–Crippen LogP) is 7.54. The standard InChI is InChI=1S/C16H12N4.C9H8BrN3.C7H6BNO2.C7H6Br2/c17-9-13-3-1-5-15(7-13)16-6-2-4-14(8-16)10-20-12-18-11-19-20;10-9-3-1-2-8(4-9)5-13-7-11-6-12-13;9-5-6-2-1-3-7(4-6)8(10)11;8-5-6-2-1-3-7(9)4-6/h1-8,11-12H,10H2;1-4,6-7H,5H2;1-4,10-11H;1-4H,5H2. The quantitative estimate of drug-likeness (QED) is 0.123. The van der Waals surface area contributed by atoms with Gasteiger partial charge in [0.05, 0.1) is 36.4 Å². The molecule has 5 aromatic carbocycles. The van der Waals surface area contributed by atoms with Crippen LogP contribution in [0.3, 0.4) is 0 Å². The highest BCUT2D eigenvalue weighted by Gasteiger charge is 2.10. The lowest BCUT2D eigenvalue weighted by molar-refractivity contribution is 0.426. The van der Waals surface area contributed by atoms with Crippen molar-refractivity contribution < 1.29 is 10.0 Å². The molecule has 0 radical (unpaired) electrons. The molecule has 0 aliphatic rings. The zero-order chi connectivity index (χ0) is 37.8. The minimum atomic E-state index is -1.50. The molecule has 0 unspecified atom stereocenters. The van der Waals surface area contributed by atoms with Gasteiger partial charge in [-0.3, -0.25) is 0 Å². The summed E-state index contributed by atoms with van der Waals surface area (Å²) in [6.45, 7) is 1.45. The number of halogens is 3. The zero-order valence-corrected chi connectivity index (χ0v) is 32.9. The normalized spacial score (nSPS) is 9.79. The number of alkyl halides is 1. The Labute approximate surface area is 333 Å². The maximum absolute atomic E-state index is 8.97. The van der Waals surface area contributed by atoms with Gasteiger partial charge in [-0.05, 0) is 87.9 Å². The van der Waals surface area contributed by atoms with E-state index in [1.807, 2.05) is 66.7 Å². The first-order chi connectivity index (χ1) is 25.8. The highest BCUT2D eigenvalue weighted by molar-refractivity contribution is 9.10. The van der Waals surface area contributed by atoms with E-state index in [4.69, 9.17) is 20.6 Å². The molecule has 10 nitrogen and oxygen atoms in total. The topological polar surface area (TPSA) is 149 Å². The van der Waals surface area contributed by atoms with E-state index >= 15 is 0 Å². The van der Waals surface area contributed by atoms with Crippen molar-refractivity contribution in [3.05, 3.63) is 183 Å². The number of nitriles is 2. The van der Waals surface area contributed by atoms with Crippen molar-refractivity contribution in [3.8, 4) is 23.3 Å². The number of hydrogen-bond donors (Lipinski definition) is 2. The molecule has 7 aromatic rings. The summed E-state index contributed by atoms with van der Waals surface area (Å²) in [6.07, 6.45) is 6.47. The van der Waals surface area contributed by atoms with Crippen LogP contribution in [-0.2, 0) is 18.4 Å². The summed E-state index contributed by atoms with van der Waals surface area (Å²) >= 11 is 10.2. The van der Waals surface area contributed by atoms with Crippen LogP contribution in [0.4, 0.5) is 0 Å². The van der Waals surface area contributed by atoms with Gasteiger partial charge in [0.1, 0.15) is 25.3 Å². The second-order valence-corrected chi connectivity index (χ2v) is 13.5. The Balaban J connectivity index is 0.000000166. The average Bonchev–Trinajstić information content (AvgIpc) is 3.91. The highest BCUT2D eigenvalue weighted by atomic mass is 79.9. The van der Waals surface area contributed by atoms with E-state index in [1.165, 1.54) is 29.8 Å². The molecular formula is C39H32BBr3N8O2. The molecule has 0 saturated heterocycles. The fourth-order valence-corrected chi connectivity index (χ4v) is 5.89. The summed E-state index contributed by atoms with van der Waals surface area (Å²) in [7, 11) is -1.50. The summed E-state index contributed by atoms with van der Waals surface area (Å²) in [5.74, 6) is 0. The molecule has 0 saturated carbocycles. The molecule has 0 aliphatic carbocycles. The molecule has 0 fully saturated rings. The predicted molar refractivity (Wildman–Crippen MR) is 217 cm³/mol. The number of rotatable bonds is 7. The van der Waals surface area contributed by atoms with E-state index in [0.29, 0.717) is 23.1 Å². The van der Waals surface area contributed by atoms with Gasteiger partial charge < -0.3 is 10.0 Å². The molecule has 2 N–H and O–H groups in total. The molecular weight excluding hydrogens is 863 g/mol. The Kier molecular flexibility index (Phi) is 16.8. The summed E-state index contributed by atoms with van der Waals surface area (Å²) in [5, 5.41) is 43.8. The van der Waals surface area contributed by atoms with Crippen LogP contribution < -0.4 is 5.46 Å². The van der Waals surface area contributed by atoms with Gasteiger partial charge >= 0.3 is 7.12 Å². The lowest BCUT2D eigenvalue weighted by Gasteiger charge is -2.06. The van der Waals surface area contributed by atoms with Gasteiger partial charge in [0.25, 0.3) is 0 Å². The lowest BCUT2D eigenvalue weighted by Crippen LogP contribution is -2.29. The van der Waals surface area contributed by atoms with E-state index in [0.717, 1.165) is 37.5 Å². The number of aromatic nitrogens is 6. The first-order valence-electron chi connectivity index (χ1n) is 15.9. The molecule has 7 rings (SSSR count). The van der Waals surface area contributed by atoms with Crippen molar-refractivity contribution in [3.63, 3.8) is 0 Å². The van der Waals surface area contributed by atoms with Gasteiger partial charge in [0, 0.05) is 14.3 Å². The Morgan fingerprint density at radius 2 is 1.06 bits per heavy atom. The van der Waals surface area contributed by atoms with E-state index in [1.54, 1.807) is 40.2 Å². The molecule has 0 bridgehead atoms. The fraction of sp³-hybridized carbons (Fsp3) is 0.0769. The maximum Gasteiger partial charge on any atom is 0.488 e. The van der Waals surface area contributed by atoms with Gasteiger partial charge in [-0.1, -0.05) is 115 Å². The molecule has 2 heterocycles. The first-order valence-corrected chi connectivity index (χ1v) is 18.6. The smallest absolute Gasteiger partial charge is 0.423 e. The Bertz CT molecular complexity index is 2240. The van der Waals surface area contributed by atoms with Crippen LogP contribution in [0, 0.1) is 22.7 Å². The van der Waals surface area contributed by atoms with Crippen molar-refractivity contribution in [2.24, 2.45) is 0 Å². The minimum absolute atomic E-state index is 0.337. The largest absolute Gasteiger partial charge is 0.488 e. The fourth-order valence-electron chi connectivity index (χ4n) is 4.64. The third-order valence-electron chi connectivity index (χ3n) is 7.12. The van der Waals surface area contributed by atoms with Gasteiger partial charge in [-0.15, -0.1) is 0 Å². The second kappa shape index (κ2) is 22.0. The van der Waals surface area contributed by atoms with E-state index in [9.17, 15) is 0 Å². The number of benzene rings is 5. The molecule has 53 heavy (non-hydrogen) atoms. The van der Waals surface area contributed by atoms with Gasteiger partial charge in [0.15, 0.2) is 0 Å². The summed E-state index contributed by atoms with van der Waals surface area (Å²) in [5.41, 5.74) is 7.23. The SMILES string of the molecule is BrCc1cccc(Br)c1.Brc1cccc(Cn2cncn2)c1.N#Cc1cccc(-c2cccc(Cn3cncn3)c2)c1.N#Cc1cccc(B(O)O)c1. The lowest BCUT2D eigenvalue weighted by atomic mass is 9.80. The third-order valence-corrected chi connectivity index (χ3v) is 8.75. The Morgan fingerprint density at radius 3 is 1.55 bits per heavy atom. The van der Waals surface area contributed by atoms with Gasteiger partial charge in [-0.2, -0.15) is 20.7 Å². The minimum Gasteiger partial charge on any atom is -0.423 e. The first kappa shape index (κ1) is 40.6. The van der Waals surface area contributed by atoms with Crippen molar-refractivity contribution in [2.75, 3.05) is 0 Å². The van der Waals surface area contributed by atoms with Crippen LogP contribution in [0.5, 0.6) is 0 Å². The third kappa shape index (κ3) is 14.4. The molecule has 14 heteroatoms. The van der Waals surface area contributed by atoms with Crippen LogP contribution in [0.15, 0.2) is 156 Å². The van der Waals surface area contributed by atoms with E-state index < -0.39 is 7.12 Å². The summed E-state index contributed by atoms with van der Waals surface area (Å²) < 4.78 is 5.80. The molecule has 0 atom stereocenters. The van der Waals surface area contributed by atoms with Crippen molar-refractivity contribution in [2.45, 2.75) is 18.4 Å². The molecule has 2 aromatic heterocycles. The van der Waals surface area contributed by atoms with Crippen LogP contribution in [0.1, 0.15) is 27.8 Å². The van der Waals surface area contributed by atoms with E-state index in [2.05, 4.69) is 110 Å². The molecule has 0 amide bonds. The zero-order valence-electron chi connectivity index (χ0n) is 28.2. The molecule has 264 valence electrons. The maximum atomic E-state index is 8.97. The number of nitrogens with zero attached hydrogens (tertiary/aromatic N) is 8. The van der Waals surface area contributed by atoms with Crippen molar-refractivity contribution in [1.29, 1.82) is 10.5 Å². The highest BCUT2D eigenvalue weighted by Crippen LogP contribution is 2.22. The van der Waals surface area contributed by atoms with Crippen molar-refractivity contribution >= 4 is 60.4 Å². The van der Waals surface area contributed by atoms with E-state index in [-0.39, 0.29) is 0 Å². The molecule has 0 aliphatic heterocycles. The Hall–Kier alpha value is -5.22.